The highest BCUT2D eigenvalue weighted by molar-refractivity contribution is 6.43. The molecular weight excluding hydrogens is 278 g/mol. The van der Waals surface area contributed by atoms with Crippen molar-refractivity contribution in [3.8, 4) is 0 Å². The predicted molar refractivity (Wildman–Crippen MR) is 74.8 cm³/mol. The van der Waals surface area contributed by atoms with Crippen LogP contribution in [0.4, 0.5) is 20.2 Å². The SMILES string of the molecule is Cc1ccccc1NC(=O)C(=O)Nc1cc(F)ccc1F. The Kier molecular flexibility index (Phi) is 4.27. The number of hydrogen-bond acceptors (Lipinski definition) is 2. The fourth-order valence-corrected chi connectivity index (χ4v) is 1.66. The van der Waals surface area contributed by atoms with Gasteiger partial charge in [0.05, 0.1) is 5.69 Å². The van der Waals surface area contributed by atoms with E-state index in [0.29, 0.717) is 5.69 Å². The second-order valence-electron chi connectivity index (χ2n) is 4.35. The minimum absolute atomic E-state index is 0.389. The highest BCUT2D eigenvalue weighted by Crippen LogP contribution is 2.16. The van der Waals surface area contributed by atoms with Crippen LogP contribution in [0.2, 0.25) is 0 Å². The summed E-state index contributed by atoms with van der Waals surface area (Å²) in [6, 6.07) is 9.46. The molecule has 2 rings (SSSR count). The number of benzene rings is 2. The number of hydrogen-bond donors (Lipinski definition) is 2. The van der Waals surface area contributed by atoms with Crippen molar-refractivity contribution in [2.24, 2.45) is 0 Å². The van der Waals surface area contributed by atoms with Crippen LogP contribution in [0.15, 0.2) is 42.5 Å². The summed E-state index contributed by atoms with van der Waals surface area (Å²) in [6.07, 6.45) is 0. The molecule has 108 valence electrons. The quantitative estimate of drug-likeness (QED) is 0.836. The van der Waals surface area contributed by atoms with Crippen molar-refractivity contribution in [2.75, 3.05) is 10.6 Å². The first-order chi connectivity index (χ1) is 9.97. The number of aryl methyl sites for hydroxylation is 1. The Labute approximate surface area is 119 Å². The van der Waals surface area contributed by atoms with Gasteiger partial charge in [-0.25, -0.2) is 8.78 Å². The summed E-state index contributed by atoms with van der Waals surface area (Å²) in [6.45, 7) is 1.76. The van der Waals surface area contributed by atoms with Gasteiger partial charge in [0.15, 0.2) is 0 Å². The first-order valence-corrected chi connectivity index (χ1v) is 6.10. The normalized spacial score (nSPS) is 10.0. The molecule has 2 amide bonds. The van der Waals surface area contributed by atoms with Gasteiger partial charge in [0, 0.05) is 11.8 Å². The van der Waals surface area contributed by atoms with Crippen LogP contribution in [-0.2, 0) is 9.59 Å². The maximum Gasteiger partial charge on any atom is 0.314 e. The zero-order valence-corrected chi connectivity index (χ0v) is 11.1. The van der Waals surface area contributed by atoms with Crippen LogP contribution in [-0.4, -0.2) is 11.8 Å². The molecular formula is C15H12F2N2O2. The van der Waals surface area contributed by atoms with E-state index in [2.05, 4.69) is 5.32 Å². The number of carbonyl (C=O) groups is 2. The van der Waals surface area contributed by atoms with Crippen LogP contribution in [0.1, 0.15) is 5.56 Å². The number of rotatable bonds is 2. The molecule has 2 aromatic rings. The molecule has 0 aliphatic carbocycles. The van der Waals surface area contributed by atoms with Gasteiger partial charge in [0.25, 0.3) is 0 Å². The van der Waals surface area contributed by atoms with Crippen LogP contribution in [0.3, 0.4) is 0 Å². The number of carbonyl (C=O) groups excluding carboxylic acids is 2. The van der Waals surface area contributed by atoms with E-state index in [-0.39, 0.29) is 5.69 Å². The summed E-state index contributed by atoms with van der Waals surface area (Å²) in [7, 11) is 0. The van der Waals surface area contributed by atoms with Crippen molar-refractivity contribution < 1.29 is 18.4 Å². The molecule has 4 nitrogen and oxygen atoms in total. The monoisotopic (exact) mass is 290 g/mol. The van der Waals surface area contributed by atoms with Crippen molar-refractivity contribution in [3.05, 3.63) is 59.7 Å². The zero-order valence-electron chi connectivity index (χ0n) is 11.1. The van der Waals surface area contributed by atoms with Crippen LogP contribution >= 0.6 is 0 Å². The van der Waals surface area contributed by atoms with Crippen molar-refractivity contribution in [2.45, 2.75) is 6.92 Å². The lowest BCUT2D eigenvalue weighted by Gasteiger charge is -2.09. The first kappa shape index (κ1) is 14.6. The molecule has 0 atom stereocenters. The lowest BCUT2D eigenvalue weighted by Crippen LogP contribution is -2.29. The predicted octanol–water partition coefficient (Wildman–Crippen LogP) is 2.85. The molecule has 0 aromatic heterocycles. The zero-order chi connectivity index (χ0) is 15.4. The molecule has 0 aliphatic heterocycles. The van der Waals surface area contributed by atoms with Gasteiger partial charge in [0.1, 0.15) is 11.6 Å². The van der Waals surface area contributed by atoms with Crippen molar-refractivity contribution in [3.63, 3.8) is 0 Å². The van der Waals surface area contributed by atoms with Crippen molar-refractivity contribution in [1.29, 1.82) is 0 Å². The minimum Gasteiger partial charge on any atom is -0.318 e. The first-order valence-electron chi connectivity index (χ1n) is 6.10. The second kappa shape index (κ2) is 6.13. The summed E-state index contributed by atoms with van der Waals surface area (Å²) >= 11 is 0. The van der Waals surface area contributed by atoms with E-state index in [1.807, 2.05) is 5.32 Å². The molecule has 0 radical (unpaired) electrons. The van der Waals surface area contributed by atoms with E-state index in [1.54, 1.807) is 31.2 Å². The molecule has 0 spiro atoms. The second-order valence-corrected chi connectivity index (χ2v) is 4.35. The van der Waals surface area contributed by atoms with Gasteiger partial charge in [-0.2, -0.15) is 0 Å². The largest absolute Gasteiger partial charge is 0.318 e. The number of para-hydroxylation sites is 1. The van der Waals surface area contributed by atoms with Gasteiger partial charge in [-0.3, -0.25) is 9.59 Å². The third-order valence-electron chi connectivity index (χ3n) is 2.78. The molecule has 0 fully saturated rings. The highest BCUT2D eigenvalue weighted by atomic mass is 19.1. The molecule has 2 N–H and O–H groups in total. The average Bonchev–Trinajstić information content (AvgIpc) is 2.45. The molecule has 0 saturated carbocycles. The summed E-state index contributed by atoms with van der Waals surface area (Å²) < 4.78 is 26.4. The fourth-order valence-electron chi connectivity index (χ4n) is 1.66. The Morgan fingerprint density at radius 2 is 1.52 bits per heavy atom. The Balaban J connectivity index is 2.08. The van der Waals surface area contributed by atoms with Gasteiger partial charge in [0.2, 0.25) is 0 Å². The standard InChI is InChI=1S/C15H12F2N2O2/c1-9-4-2-3-5-12(9)18-14(20)15(21)19-13-8-10(16)6-7-11(13)17/h2-8H,1H3,(H,18,20)(H,19,21). The van der Waals surface area contributed by atoms with Gasteiger partial charge < -0.3 is 10.6 Å². The molecule has 0 aliphatic rings. The molecule has 0 heterocycles. The van der Waals surface area contributed by atoms with Crippen molar-refractivity contribution >= 4 is 23.2 Å². The molecule has 0 saturated heterocycles. The molecule has 21 heavy (non-hydrogen) atoms. The van der Waals surface area contributed by atoms with E-state index >= 15 is 0 Å². The smallest absolute Gasteiger partial charge is 0.314 e. The van der Waals surface area contributed by atoms with E-state index in [1.165, 1.54) is 0 Å². The van der Waals surface area contributed by atoms with E-state index < -0.39 is 23.4 Å². The minimum atomic E-state index is -1.08. The lowest BCUT2D eigenvalue weighted by atomic mass is 10.2. The van der Waals surface area contributed by atoms with E-state index in [4.69, 9.17) is 0 Å². The molecule has 0 bridgehead atoms. The third kappa shape index (κ3) is 3.62. The number of anilines is 2. The van der Waals surface area contributed by atoms with Gasteiger partial charge in [-0.1, -0.05) is 18.2 Å². The average molecular weight is 290 g/mol. The van der Waals surface area contributed by atoms with Crippen LogP contribution < -0.4 is 10.6 Å². The maximum absolute atomic E-state index is 13.4. The van der Waals surface area contributed by atoms with Crippen LogP contribution in [0.5, 0.6) is 0 Å². The van der Waals surface area contributed by atoms with Gasteiger partial charge in [-0.05, 0) is 30.7 Å². The fraction of sp³-hybridized carbons (Fsp3) is 0.0667. The Morgan fingerprint density at radius 1 is 0.905 bits per heavy atom. The highest BCUT2D eigenvalue weighted by Gasteiger charge is 2.16. The van der Waals surface area contributed by atoms with Crippen LogP contribution in [0.25, 0.3) is 0 Å². The topological polar surface area (TPSA) is 58.2 Å². The molecule has 2 aromatic carbocycles. The third-order valence-corrected chi connectivity index (χ3v) is 2.78. The van der Waals surface area contributed by atoms with Crippen LogP contribution in [0, 0.1) is 18.6 Å². The summed E-state index contributed by atoms with van der Waals surface area (Å²) in [5.74, 6) is -3.59. The van der Waals surface area contributed by atoms with Gasteiger partial charge >= 0.3 is 11.8 Å². The number of amides is 2. The number of nitrogens with one attached hydrogen (secondary N) is 2. The Bertz CT molecular complexity index is 702. The summed E-state index contributed by atoms with van der Waals surface area (Å²) in [5.41, 5.74) is 0.855. The lowest BCUT2D eigenvalue weighted by molar-refractivity contribution is -0.133. The Hall–Kier alpha value is -2.76. The number of halogens is 2. The molecule has 0 unspecified atom stereocenters. The van der Waals surface area contributed by atoms with E-state index in [9.17, 15) is 18.4 Å². The van der Waals surface area contributed by atoms with Gasteiger partial charge in [-0.15, -0.1) is 0 Å². The Morgan fingerprint density at radius 3 is 2.19 bits per heavy atom. The summed E-state index contributed by atoms with van der Waals surface area (Å²) in [5, 5.41) is 4.42. The van der Waals surface area contributed by atoms with E-state index in [0.717, 1.165) is 23.8 Å². The maximum atomic E-state index is 13.4. The molecule has 6 heteroatoms. The summed E-state index contributed by atoms with van der Waals surface area (Å²) in [4.78, 5) is 23.4. The van der Waals surface area contributed by atoms with Crippen molar-refractivity contribution in [1.82, 2.24) is 0 Å².